The highest BCUT2D eigenvalue weighted by atomic mass is 16.5. The Morgan fingerprint density at radius 2 is 2.18 bits per heavy atom. The molecule has 0 bridgehead atoms. The van der Waals surface area contributed by atoms with Crippen molar-refractivity contribution in [3.63, 3.8) is 0 Å². The van der Waals surface area contributed by atoms with Crippen molar-refractivity contribution in [1.29, 1.82) is 0 Å². The molecule has 0 saturated heterocycles. The number of aromatic nitrogens is 3. The molecule has 5 heteroatoms. The monoisotopic (exact) mass is 233 g/mol. The van der Waals surface area contributed by atoms with Crippen molar-refractivity contribution in [2.75, 3.05) is 6.61 Å². The van der Waals surface area contributed by atoms with Gasteiger partial charge in [0.1, 0.15) is 0 Å². The van der Waals surface area contributed by atoms with E-state index in [0.29, 0.717) is 18.1 Å². The van der Waals surface area contributed by atoms with Gasteiger partial charge in [-0.2, -0.15) is 4.98 Å². The second kappa shape index (κ2) is 6.10. The second-order valence-electron chi connectivity index (χ2n) is 3.78. The fourth-order valence-corrected chi connectivity index (χ4v) is 1.52. The molecule has 0 radical (unpaired) electrons. The minimum absolute atomic E-state index is 0.203. The maximum Gasteiger partial charge on any atom is 0.226 e. The minimum atomic E-state index is 0.203. The zero-order valence-electron chi connectivity index (χ0n) is 9.54. The molecule has 1 N–H and O–H groups in total. The molecule has 17 heavy (non-hydrogen) atoms. The van der Waals surface area contributed by atoms with Crippen molar-refractivity contribution in [1.82, 2.24) is 15.1 Å². The lowest BCUT2D eigenvalue weighted by Gasteiger charge is -1.93. The van der Waals surface area contributed by atoms with Gasteiger partial charge in [0.05, 0.1) is 6.42 Å². The van der Waals surface area contributed by atoms with E-state index in [1.807, 2.05) is 18.2 Å². The number of aliphatic hydroxyl groups is 1. The van der Waals surface area contributed by atoms with Gasteiger partial charge in [-0.1, -0.05) is 11.2 Å². The van der Waals surface area contributed by atoms with Gasteiger partial charge >= 0.3 is 0 Å². The Kier molecular flexibility index (Phi) is 4.21. The van der Waals surface area contributed by atoms with E-state index in [1.165, 1.54) is 0 Å². The number of unbranched alkanes of at least 4 members (excludes halogenated alkanes) is 1. The number of hydrogen-bond acceptors (Lipinski definition) is 5. The predicted octanol–water partition coefficient (Wildman–Crippen LogP) is 1.37. The van der Waals surface area contributed by atoms with Gasteiger partial charge < -0.3 is 9.63 Å². The summed E-state index contributed by atoms with van der Waals surface area (Å²) in [6.07, 6.45) is 4.68. The van der Waals surface area contributed by atoms with E-state index in [1.54, 1.807) is 6.20 Å². The van der Waals surface area contributed by atoms with E-state index in [2.05, 4.69) is 15.1 Å². The Bertz CT molecular complexity index is 442. The van der Waals surface area contributed by atoms with E-state index in [-0.39, 0.29) is 6.61 Å². The molecular formula is C12H15N3O2. The summed E-state index contributed by atoms with van der Waals surface area (Å²) in [5.41, 5.74) is 0.926. The van der Waals surface area contributed by atoms with Crippen molar-refractivity contribution in [3.05, 3.63) is 41.8 Å². The van der Waals surface area contributed by atoms with Crippen LogP contribution in [0.1, 0.15) is 30.3 Å². The largest absolute Gasteiger partial charge is 0.396 e. The quantitative estimate of drug-likeness (QED) is 0.763. The fraction of sp³-hybridized carbons (Fsp3) is 0.417. The molecule has 2 aromatic heterocycles. The Morgan fingerprint density at radius 1 is 1.24 bits per heavy atom. The van der Waals surface area contributed by atoms with Gasteiger partial charge in [0.2, 0.25) is 5.89 Å². The zero-order chi connectivity index (χ0) is 11.9. The molecular weight excluding hydrogens is 218 g/mol. The normalized spacial score (nSPS) is 10.6. The van der Waals surface area contributed by atoms with Gasteiger partial charge in [-0.05, 0) is 25.0 Å². The van der Waals surface area contributed by atoms with Crippen LogP contribution < -0.4 is 0 Å². The SMILES string of the molecule is OCCCCc1nc(Cc2ccccn2)no1. The van der Waals surface area contributed by atoms with Crippen LogP contribution in [0.15, 0.2) is 28.9 Å². The molecule has 0 amide bonds. The highest BCUT2D eigenvalue weighted by Crippen LogP contribution is 2.06. The van der Waals surface area contributed by atoms with Crippen molar-refractivity contribution in [2.45, 2.75) is 25.7 Å². The van der Waals surface area contributed by atoms with E-state index < -0.39 is 0 Å². The zero-order valence-corrected chi connectivity index (χ0v) is 9.54. The van der Waals surface area contributed by atoms with E-state index in [0.717, 1.165) is 25.0 Å². The van der Waals surface area contributed by atoms with Crippen LogP contribution in [0.3, 0.4) is 0 Å². The first kappa shape index (κ1) is 11.7. The lowest BCUT2D eigenvalue weighted by molar-refractivity contribution is 0.280. The number of hydrogen-bond donors (Lipinski definition) is 1. The molecule has 90 valence electrons. The van der Waals surface area contributed by atoms with Crippen LogP contribution in [0.25, 0.3) is 0 Å². The van der Waals surface area contributed by atoms with Gasteiger partial charge in [0, 0.05) is 24.9 Å². The molecule has 0 saturated carbocycles. The first-order chi connectivity index (χ1) is 8.38. The van der Waals surface area contributed by atoms with Crippen LogP contribution in [0.2, 0.25) is 0 Å². The molecule has 0 spiro atoms. The third-order valence-electron chi connectivity index (χ3n) is 2.37. The lowest BCUT2D eigenvalue weighted by atomic mass is 10.2. The third kappa shape index (κ3) is 3.64. The Labute approximate surface area is 99.5 Å². The topological polar surface area (TPSA) is 72.0 Å². The molecule has 0 aromatic carbocycles. The van der Waals surface area contributed by atoms with Crippen molar-refractivity contribution < 1.29 is 9.63 Å². The summed E-state index contributed by atoms with van der Waals surface area (Å²) in [4.78, 5) is 8.48. The first-order valence-electron chi connectivity index (χ1n) is 5.70. The van der Waals surface area contributed by atoms with Crippen molar-refractivity contribution >= 4 is 0 Å². The first-order valence-corrected chi connectivity index (χ1v) is 5.70. The second-order valence-corrected chi connectivity index (χ2v) is 3.78. The van der Waals surface area contributed by atoms with Crippen LogP contribution in [0.5, 0.6) is 0 Å². The maximum atomic E-state index is 8.67. The number of nitrogens with zero attached hydrogens (tertiary/aromatic N) is 3. The lowest BCUT2D eigenvalue weighted by Crippen LogP contribution is -1.94. The standard InChI is InChI=1S/C12H15N3O2/c16-8-4-2-6-12-14-11(15-17-12)9-10-5-1-3-7-13-10/h1,3,5,7,16H,2,4,6,8-9H2. The average Bonchev–Trinajstić information content (AvgIpc) is 2.79. The van der Waals surface area contributed by atoms with Gasteiger partial charge in [0.15, 0.2) is 5.82 Å². The average molecular weight is 233 g/mol. The summed E-state index contributed by atoms with van der Waals surface area (Å²) < 4.78 is 5.11. The summed E-state index contributed by atoms with van der Waals surface area (Å²) >= 11 is 0. The highest BCUT2D eigenvalue weighted by molar-refractivity contribution is 5.09. The summed E-state index contributed by atoms with van der Waals surface area (Å²) in [5.74, 6) is 1.28. The smallest absolute Gasteiger partial charge is 0.226 e. The van der Waals surface area contributed by atoms with Crippen LogP contribution in [0, 0.1) is 0 Å². The van der Waals surface area contributed by atoms with E-state index in [9.17, 15) is 0 Å². The molecule has 2 heterocycles. The van der Waals surface area contributed by atoms with Crippen molar-refractivity contribution in [3.8, 4) is 0 Å². The van der Waals surface area contributed by atoms with Crippen molar-refractivity contribution in [2.24, 2.45) is 0 Å². The molecule has 0 aliphatic rings. The minimum Gasteiger partial charge on any atom is -0.396 e. The predicted molar refractivity (Wildman–Crippen MR) is 61.4 cm³/mol. The van der Waals surface area contributed by atoms with E-state index in [4.69, 9.17) is 9.63 Å². The third-order valence-corrected chi connectivity index (χ3v) is 2.37. The summed E-state index contributed by atoms with van der Waals surface area (Å²) in [7, 11) is 0. The Morgan fingerprint density at radius 3 is 2.94 bits per heavy atom. The van der Waals surface area contributed by atoms with Gasteiger partial charge in [-0.25, -0.2) is 0 Å². The molecule has 5 nitrogen and oxygen atoms in total. The molecule has 0 unspecified atom stereocenters. The molecule has 0 fully saturated rings. The molecule has 2 aromatic rings. The van der Waals surface area contributed by atoms with Gasteiger partial charge in [-0.15, -0.1) is 0 Å². The van der Waals surface area contributed by atoms with E-state index >= 15 is 0 Å². The summed E-state index contributed by atoms with van der Waals surface area (Å²) in [6, 6.07) is 5.74. The Balaban J connectivity index is 1.90. The number of aryl methyl sites for hydroxylation is 1. The molecule has 2 rings (SSSR count). The van der Waals surface area contributed by atoms with Gasteiger partial charge in [0.25, 0.3) is 0 Å². The fourth-order valence-electron chi connectivity index (χ4n) is 1.52. The summed E-state index contributed by atoms with van der Waals surface area (Å²) in [5, 5.41) is 12.6. The van der Waals surface area contributed by atoms with Crippen LogP contribution in [0.4, 0.5) is 0 Å². The summed E-state index contributed by atoms with van der Waals surface area (Å²) in [6.45, 7) is 0.203. The van der Waals surface area contributed by atoms with Gasteiger partial charge in [-0.3, -0.25) is 4.98 Å². The maximum absolute atomic E-state index is 8.67. The number of aliphatic hydroxyl groups excluding tert-OH is 1. The molecule has 0 aliphatic heterocycles. The molecule has 0 aliphatic carbocycles. The van der Waals surface area contributed by atoms with Crippen LogP contribution in [-0.4, -0.2) is 26.8 Å². The van der Waals surface area contributed by atoms with Crippen LogP contribution >= 0.6 is 0 Å². The van der Waals surface area contributed by atoms with Crippen LogP contribution in [-0.2, 0) is 12.8 Å². The number of pyridine rings is 1. The highest BCUT2D eigenvalue weighted by Gasteiger charge is 2.07. The number of rotatable bonds is 6. The molecule has 0 atom stereocenters. The Hall–Kier alpha value is -1.75.